The zero-order valence-electron chi connectivity index (χ0n) is 18.0. The Balaban J connectivity index is 1.74. The van der Waals surface area contributed by atoms with Crippen molar-refractivity contribution in [3.8, 4) is 0 Å². The highest BCUT2D eigenvalue weighted by atomic mass is 16.1. The Morgan fingerprint density at radius 1 is 0.571 bits per heavy atom. The van der Waals surface area contributed by atoms with E-state index in [1.165, 1.54) is 89.9 Å². The first-order valence-electron chi connectivity index (χ1n) is 11.9. The van der Waals surface area contributed by atoms with Crippen molar-refractivity contribution < 1.29 is 9.59 Å². The molecule has 1 aromatic rings. The Bertz CT molecular complexity index is 480. The molecule has 0 atom stereocenters. The second-order valence-corrected chi connectivity index (χ2v) is 8.15. The normalized spacial score (nSPS) is 10.9. The maximum absolute atomic E-state index is 12.0. The van der Waals surface area contributed by atoms with E-state index in [-0.39, 0.29) is 0 Å². The topological polar surface area (TPSA) is 34.1 Å². The Labute approximate surface area is 173 Å². The average molecular weight is 387 g/mol. The number of unbranched alkanes of at least 4 members (excludes halogenated alkanes) is 16. The molecule has 1 aromatic carbocycles. The molecular weight excluding hydrogens is 344 g/mol. The summed E-state index contributed by atoms with van der Waals surface area (Å²) in [4.78, 5) is 22.2. The Morgan fingerprint density at radius 3 is 1.39 bits per heavy atom. The van der Waals surface area contributed by atoms with Crippen LogP contribution in [-0.4, -0.2) is 12.1 Å². The first kappa shape index (κ1) is 24.6. The first-order valence-corrected chi connectivity index (χ1v) is 11.9. The van der Waals surface area contributed by atoms with Gasteiger partial charge in [-0.3, -0.25) is 4.79 Å². The van der Waals surface area contributed by atoms with Crippen molar-refractivity contribution in [3.63, 3.8) is 0 Å². The number of carbonyl (C=O) groups is 2. The third kappa shape index (κ3) is 14.6. The van der Waals surface area contributed by atoms with Gasteiger partial charge in [-0.1, -0.05) is 120 Å². The van der Waals surface area contributed by atoms with E-state index >= 15 is 0 Å². The molecule has 0 N–H and O–H groups in total. The summed E-state index contributed by atoms with van der Waals surface area (Å²) in [6.07, 6.45) is 23.3. The minimum absolute atomic E-state index is 0.290. The summed E-state index contributed by atoms with van der Waals surface area (Å²) >= 11 is 0. The zero-order chi connectivity index (χ0) is 20.1. The van der Waals surface area contributed by atoms with Crippen LogP contribution in [0.2, 0.25) is 0 Å². The molecule has 0 aliphatic carbocycles. The minimum atomic E-state index is 0.290. The fourth-order valence-electron chi connectivity index (χ4n) is 3.76. The molecule has 0 aliphatic rings. The molecule has 0 saturated heterocycles. The van der Waals surface area contributed by atoms with Crippen molar-refractivity contribution in [1.82, 2.24) is 0 Å². The number of hydrogen-bond donors (Lipinski definition) is 0. The number of rotatable bonds is 20. The fourth-order valence-corrected chi connectivity index (χ4v) is 3.76. The molecule has 158 valence electrons. The Kier molecular flexibility index (Phi) is 16.6. The second kappa shape index (κ2) is 18.9. The molecule has 0 amide bonds. The maximum Gasteiger partial charge on any atom is 0.162 e. The van der Waals surface area contributed by atoms with Crippen LogP contribution < -0.4 is 0 Å². The van der Waals surface area contributed by atoms with E-state index in [9.17, 15) is 9.59 Å². The Hall–Kier alpha value is -1.44. The SMILES string of the molecule is O=CCCCCCCCCCCCCCCCCCCC(=O)c1ccccc1. The van der Waals surface area contributed by atoms with Crippen LogP contribution in [0.5, 0.6) is 0 Å². The molecule has 0 heterocycles. The van der Waals surface area contributed by atoms with Crippen LogP contribution in [0, 0.1) is 0 Å². The van der Waals surface area contributed by atoms with Gasteiger partial charge in [0.2, 0.25) is 0 Å². The Morgan fingerprint density at radius 2 is 0.964 bits per heavy atom. The summed E-state index contributed by atoms with van der Waals surface area (Å²) < 4.78 is 0. The van der Waals surface area contributed by atoms with Crippen LogP contribution in [0.3, 0.4) is 0 Å². The van der Waals surface area contributed by atoms with Crippen LogP contribution in [0.25, 0.3) is 0 Å². The molecule has 0 spiro atoms. The van der Waals surface area contributed by atoms with Crippen molar-refractivity contribution in [1.29, 1.82) is 0 Å². The quantitative estimate of drug-likeness (QED) is 0.129. The number of Topliss-reactive ketones (excluding diaryl/α,β-unsaturated/α-hetero) is 1. The van der Waals surface area contributed by atoms with Crippen LogP contribution in [0.4, 0.5) is 0 Å². The van der Waals surface area contributed by atoms with Crippen molar-refractivity contribution in [2.45, 2.75) is 116 Å². The number of aldehydes is 1. The van der Waals surface area contributed by atoms with E-state index < -0.39 is 0 Å². The zero-order valence-corrected chi connectivity index (χ0v) is 18.0. The van der Waals surface area contributed by atoms with E-state index in [4.69, 9.17) is 0 Å². The predicted molar refractivity (Wildman–Crippen MR) is 120 cm³/mol. The number of ketones is 1. The molecule has 28 heavy (non-hydrogen) atoms. The molecule has 0 aliphatic heterocycles. The van der Waals surface area contributed by atoms with Gasteiger partial charge in [0.05, 0.1) is 0 Å². The summed E-state index contributed by atoms with van der Waals surface area (Å²) in [5.41, 5.74) is 0.858. The predicted octanol–water partition coefficient (Wildman–Crippen LogP) is 8.09. The van der Waals surface area contributed by atoms with Gasteiger partial charge in [0.25, 0.3) is 0 Å². The van der Waals surface area contributed by atoms with Gasteiger partial charge >= 0.3 is 0 Å². The lowest BCUT2D eigenvalue weighted by Gasteiger charge is -2.04. The number of hydrogen-bond acceptors (Lipinski definition) is 2. The lowest BCUT2D eigenvalue weighted by atomic mass is 10.0. The molecule has 0 aromatic heterocycles. The highest BCUT2D eigenvalue weighted by molar-refractivity contribution is 5.95. The lowest BCUT2D eigenvalue weighted by Crippen LogP contribution is -1.98. The first-order chi connectivity index (χ1) is 13.8. The van der Waals surface area contributed by atoms with Crippen LogP contribution in [-0.2, 0) is 4.79 Å². The molecule has 2 nitrogen and oxygen atoms in total. The maximum atomic E-state index is 12.0. The molecule has 0 unspecified atom stereocenters. The fraction of sp³-hybridized carbons (Fsp3) is 0.692. The smallest absolute Gasteiger partial charge is 0.162 e. The van der Waals surface area contributed by atoms with Crippen LogP contribution in [0.15, 0.2) is 30.3 Å². The van der Waals surface area contributed by atoms with Crippen LogP contribution >= 0.6 is 0 Å². The number of benzene rings is 1. The van der Waals surface area contributed by atoms with Gasteiger partial charge in [-0.05, 0) is 12.8 Å². The monoisotopic (exact) mass is 386 g/mol. The van der Waals surface area contributed by atoms with E-state index in [2.05, 4.69) is 0 Å². The standard InChI is InChI=1S/C26H42O2/c27-24-20-15-13-11-9-7-5-3-1-2-4-6-8-10-12-14-19-23-26(28)25-21-17-16-18-22-25/h16-18,21-22,24H,1-15,19-20,23H2. The van der Waals surface area contributed by atoms with Gasteiger partial charge in [0.1, 0.15) is 6.29 Å². The highest BCUT2D eigenvalue weighted by Gasteiger charge is 2.04. The van der Waals surface area contributed by atoms with Gasteiger partial charge < -0.3 is 4.79 Å². The largest absolute Gasteiger partial charge is 0.303 e. The van der Waals surface area contributed by atoms with Crippen molar-refractivity contribution in [2.75, 3.05) is 0 Å². The van der Waals surface area contributed by atoms with Crippen molar-refractivity contribution in [3.05, 3.63) is 35.9 Å². The number of carbonyl (C=O) groups excluding carboxylic acids is 2. The van der Waals surface area contributed by atoms with E-state index in [1.807, 2.05) is 30.3 Å². The van der Waals surface area contributed by atoms with Crippen LogP contribution in [0.1, 0.15) is 126 Å². The van der Waals surface area contributed by atoms with Gasteiger partial charge in [0.15, 0.2) is 5.78 Å². The summed E-state index contributed by atoms with van der Waals surface area (Å²) in [6.45, 7) is 0. The molecule has 0 bridgehead atoms. The van der Waals surface area contributed by atoms with Gasteiger partial charge in [-0.25, -0.2) is 0 Å². The van der Waals surface area contributed by atoms with Gasteiger partial charge in [-0.15, -0.1) is 0 Å². The van der Waals surface area contributed by atoms with Gasteiger partial charge in [-0.2, -0.15) is 0 Å². The van der Waals surface area contributed by atoms with Gasteiger partial charge in [0, 0.05) is 18.4 Å². The summed E-state index contributed by atoms with van der Waals surface area (Å²) in [5.74, 6) is 0.290. The van der Waals surface area contributed by atoms with E-state index in [1.54, 1.807) is 0 Å². The van der Waals surface area contributed by atoms with E-state index in [0.29, 0.717) is 12.2 Å². The van der Waals surface area contributed by atoms with Crippen molar-refractivity contribution in [2.24, 2.45) is 0 Å². The molecule has 1 rings (SSSR count). The molecule has 2 heteroatoms. The molecular formula is C26H42O2. The lowest BCUT2D eigenvalue weighted by molar-refractivity contribution is -0.107. The van der Waals surface area contributed by atoms with E-state index in [0.717, 1.165) is 31.1 Å². The van der Waals surface area contributed by atoms with Crippen molar-refractivity contribution >= 4 is 12.1 Å². The molecule has 0 fully saturated rings. The summed E-state index contributed by atoms with van der Waals surface area (Å²) in [6, 6.07) is 9.67. The minimum Gasteiger partial charge on any atom is -0.303 e. The third-order valence-corrected chi connectivity index (χ3v) is 5.57. The summed E-state index contributed by atoms with van der Waals surface area (Å²) in [5, 5.41) is 0. The second-order valence-electron chi connectivity index (χ2n) is 8.15. The average Bonchev–Trinajstić information content (AvgIpc) is 2.73. The third-order valence-electron chi connectivity index (χ3n) is 5.57. The molecule has 0 saturated carbocycles. The highest BCUT2D eigenvalue weighted by Crippen LogP contribution is 2.15. The summed E-state index contributed by atoms with van der Waals surface area (Å²) in [7, 11) is 0. The molecule has 0 radical (unpaired) electrons.